The normalized spacial score (nSPS) is 11.1. The molecule has 0 aliphatic carbocycles. The maximum absolute atomic E-state index is 3.21. The standard InChI is InChI=1S/C10H25N3/c1-4-8-11-12-9-7-10-13(5-2)6-3/h11-12H,4-10H2,1-3H3. The van der Waals surface area contributed by atoms with Crippen molar-refractivity contribution in [3.8, 4) is 0 Å². The van der Waals surface area contributed by atoms with E-state index in [4.69, 9.17) is 0 Å². The average molecular weight is 187 g/mol. The molecular weight excluding hydrogens is 162 g/mol. The highest BCUT2D eigenvalue weighted by molar-refractivity contribution is 4.53. The summed E-state index contributed by atoms with van der Waals surface area (Å²) in [6.45, 7) is 12.3. The Bertz CT molecular complexity index is 92.2. The molecule has 3 heteroatoms. The zero-order chi connectivity index (χ0) is 9.94. The first-order valence-corrected chi connectivity index (χ1v) is 5.53. The lowest BCUT2D eigenvalue weighted by Crippen LogP contribution is -2.35. The van der Waals surface area contributed by atoms with E-state index >= 15 is 0 Å². The third-order valence-electron chi connectivity index (χ3n) is 2.17. The molecule has 0 aromatic carbocycles. The minimum atomic E-state index is 1.06. The van der Waals surface area contributed by atoms with Crippen molar-refractivity contribution in [1.29, 1.82) is 0 Å². The van der Waals surface area contributed by atoms with E-state index in [1.807, 2.05) is 0 Å². The summed E-state index contributed by atoms with van der Waals surface area (Å²) < 4.78 is 0. The number of hydrogen-bond acceptors (Lipinski definition) is 3. The van der Waals surface area contributed by atoms with E-state index in [1.165, 1.54) is 32.5 Å². The van der Waals surface area contributed by atoms with Gasteiger partial charge in [0.2, 0.25) is 0 Å². The van der Waals surface area contributed by atoms with Crippen molar-refractivity contribution in [2.45, 2.75) is 33.6 Å². The molecule has 0 saturated carbocycles. The molecular formula is C10H25N3. The van der Waals surface area contributed by atoms with Crippen molar-refractivity contribution < 1.29 is 0 Å². The minimum absolute atomic E-state index is 1.06. The van der Waals surface area contributed by atoms with Crippen LogP contribution in [-0.2, 0) is 0 Å². The molecule has 0 heterocycles. The monoisotopic (exact) mass is 187 g/mol. The third-order valence-corrected chi connectivity index (χ3v) is 2.17. The van der Waals surface area contributed by atoms with Gasteiger partial charge in [-0.25, -0.2) is 0 Å². The zero-order valence-electron chi connectivity index (χ0n) is 9.40. The Morgan fingerprint density at radius 2 is 1.54 bits per heavy atom. The van der Waals surface area contributed by atoms with E-state index in [-0.39, 0.29) is 0 Å². The Balaban J connectivity index is 3.05. The van der Waals surface area contributed by atoms with Crippen LogP contribution in [0.4, 0.5) is 0 Å². The molecule has 0 saturated heterocycles. The summed E-state index contributed by atoms with van der Waals surface area (Å²) >= 11 is 0. The predicted molar refractivity (Wildman–Crippen MR) is 58.7 cm³/mol. The van der Waals surface area contributed by atoms with Crippen LogP contribution < -0.4 is 10.9 Å². The minimum Gasteiger partial charge on any atom is -0.304 e. The fourth-order valence-electron chi connectivity index (χ4n) is 1.23. The van der Waals surface area contributed by atoms with Crippen LogP contribution in [0.3, 0.4) is 0 Å². The van der Waals surface area contributed by atoms with Crippen LogP contribution in [-0.4, -0.2) is 37.6 Å². The van der Waals surface area contributed by atoms with Crippen LogP contribution >= 0.6 is 0 Å². The summed E-state index contributed by atoms with van der Waals surface area (Å²) in [7, 11) is 0. The molecule has 0 bridgehead atoms. The Hall–Kier alpha value is -0.120. The first kappa shape index (κ1) is 12.9. The molecule has 0 rings (SSSR count). The van der Waals surface area contributed by atoms with Gasteiger partial charge in [-0.15, -0.1) is 0 Å². The lowest BCUT2D eigenvalue weighted by molar-refractivity contribution is 0.295. The largest absolute Gasteiger partial charge is 0.304 e. The lowest BCUT2D eigenvalue weighted by Gasteiger charge is -2.17. The second-order valence-corrected chi connectivity index (χ2v) is 3.23. The van der Waals surface area contributed by atoms with E-state index in [2.05, 4.69) is 36.5 Å². The van der Waals surface area contributed by atoms with Crippen molar-refractivity contribution in [1.82, 2.24) is 15.8 Å². The summed E-state index contributed by atoms with van der Waals surface area (Å²) in [5, 5.41) is 0. The topological polar surface area (TPSA) is 27.3 Å². The summed E-state index contributed by atoms with van der Waals surface area (Å²) in [6, 6.07) is 0. The van der Waals surface area contributed by atoms with Gasteiger partial charge in [0.25, 0.3) is 0 Å². The molecule has 0 aliphatic heterocycles. The molecule has 13 heavy (non-hydrogen) atoms. The second-order valence-electron chi connectivity index (χ2n) is 3.23. The average Bonchev–Trinajstić information content (AvgIpc) is 2.17. The van der Waals surface area contributed by atoms with Gasteiger partial charge in [-0.1, -0.05) is 20.8 Å². The fourth-order valence-corrected chi connectivity index (χ4v) is 1.23. The number of hydrazine groups is 1. The van der Waals surface area contributed by atoms with Crippen molar-refractivity contribution >= 4 is 0 Å². The predicted octanol–water partition coefficient (Wildman–Crippen LogP) is 1.22. The molecule has 80 valence electrons. The quantitative estimate of drug-likeness (QED) is 0.420. The first-order valence-electron chi connectivity index (χ1n) is 5.53. The van der Waals surface area contributed by atoms with Gasteiger partial charge in [0.05, 0.1) is 0 Å². The van der Waals surface area contributed by atoms with Crippen molar-refractivity contribution in [3.05, 3.63) is 0 Å². The van der Waals surface area contributed by atoms with E-state index in [1.54, 1.807) is 0 Å². The molecule has 0 atom stereocenters. The third kappa shape index (κ3) is 8.22. The van der Waals surface area contributed by atoms with Crippen molar-refractivity contribution in [3.63, 3.8) is 0 Å². The number of nitrogens with zero attached hydrogens (tertiary/aromatic N) is 1. The highest BCUT2D eigenvalue weighted by atomic mass is 15.3. The van der Waals surface area contributed by atoms with Gasteiger partial charge in [0.1, 0.15) is 0 Å². The van der Waals surface area contributed by atoms with Gasteiger partial charge >= 0.3 is 0 Å². The summed E-state index contributed by atoms with van der Waals surface area (Å²) in [6.07, 6.45) is 2.40. The van der Waals surface area contributed by atoms with Gasteiger partial charge in [0.15, 0.2) is 0 Å². The van der Waals surface area contributed by atoms with Crippen LogP contribution in [0.2, 0.25) is 0 Å². The Kier molecular flexibility index (Phi) is 9.87. The molecule has 0 aromatic rings. The molecule has 0 unspecified atom stereocenters. The maximum Gasteiger partial charge on any atom is 0.0112 e. The molecule has 2 N–H and O–H groups in total. The van der Waals surface area contributed by atoms with E-state index in [9.17, 15) is 0 Å². The summed E-state index contributed by atoms with van der Waals surface area (Å²) in [5.41, 5.74) is 6.39. The van der Waals surface area contributed by atoms with Crippen LogP contribution in [0.5, 0.6) is 0 Å². The van der Waals surface area contributed by atoms with Gasteiger partial charge in [-0.05, 0) is 32.5 Å². The molecule has 0 fully saturated rings. The van der Waals surface area contributed by atoms with Crippen LogP contribution in [0.15, 0.2) is 0 Å². The highest BCUT2D eigenvalue weighted by Gasteiger charge is 1.96. The molecule has 0 aromatic heterocycles. The zero-order valence-corrected chi connectivity index (χ0v) is 9.40. The summed E-state index contributed by atoms with van der Waals surface area (Å²) in [5.74, 6) is 0. The van der Waals surface area contributed by atoms with E-state index in [0.29, 0.717) is 0 Å². The lowest BCUT2D eigenvalue weighted by atomic mass is 10.4. The smallest absolute Gasteiger partial charge is 0.0112 e. The van der Waals surface area contributed by atoms with E-state index < -0.39 is 0 Å². The molecule has 3 nitrogen and oxygen atoms in total. The molecule has 0 aliphatic rings. The van der Waals surface area contributed by atoms with E-state index in [0.717, 1.165) is 13.1 Å². The Morgan fingerprint density at radius 3 is 2.08 bits per heavy atom. The van der Waals surface area contributed by atoms with Crippen molar-refractivity contribution in [2.75, 3.05) is 32.7 Å². The van der Waals surface area contributed by atoms with Crippen LogP contribution in [0, 0.1) is 0 Å². The van der Waals surface area contributed by atoms with Gasteiger partial charge < -0.3 is 4.90 Å². The highest BCUT2D eigenvalue weighted by Crippen LogP contribution is 1.88. The Labute approximate surface area is 82.9 Å². The number of rotatable bonds is 9. The number of nitrogens with one attached hydrogen (secondary N) is 2. The van der Waals surface area contributed by atoms with Gasteiger partial charge in [-0.3, -0.25) is 10.9 Å². The summed E-state index contributed by atoms with van der Waals surface area (Å²) in [4.78, 5) is 2.45. The van der Waals surface area contributed by atoms with Gasteiger partial charge in [-0.2, -0.15) is 0 Å². The van der Waals surface area contributed by atoms with Crippen LogP contribution in [0.25, 0.3) is 0 Å². The second kappa shape index (κ2) is 9.96. The SMILES string of the molecule is CCCNNCCCN(CC)CC. The van der Waals surface area contributed by atoms with Gasteiger partial charge in [0, 0.05) is 13.1 Å². The fraction of sp³-hybridized carbons (Fsp3) is 1.00. The maximum atomic E-state index is 3.21. The first-order chi connectivity index (χ1) is 6.35. The molecule has 0 radical (unpaired) electrons. The van der Waals surface area contributed by atoms with Crippen molar-refractivity contribution in [2.24, 2.45) is 0 Å². The molecule has 0 spiro atoms. The number of hydrogen-bond donors (Lipinski definition) is 2. The molecule has 0 amide bonds. The van der Waals surface area contributed by atoms with Crippen LogP contribution in [0.1, 0.15) is 33.6 Å². The Morgan fingerprint density at radius 1 is 0.923 bits per heavy atom.